The Morgan fingerprint density at radius 1 is 1.40 bits per heavy atom. The van der Waals surface area contributed by atoms with Crippen LogP contribution >= 0.6 is 0 Å². The fraction of sp³-hybridized carbons (Fsp3) is 0.444. The molecule has 0 aliphatic rings. The van der Waals surface area contributed by atoms with Crippen molar-refractivity contribution >= 4 is 0 Å². The first-order valence-corrected chi connectivity index (χ1v) is 4.29. The number of rotatable bonds is 2. The van der Waals surface area contributed by atoms with E-state index in [1.54, 1.807) is 0 Å². The third-order valence-electron chi connectivity index (χ3n) is 1.97. The van der Waals surface area contributed by atoms with Crippen LogP contribution < -0.4 is 5.73 Å². The third-order valence-corrected chi connectivity index (χ3v) is 1.97. The Morgan fingerprint density at radius 3 is 2.33 bits per heavy atom. The number of aliphatic hydroxyl groups is 1. The third kappa shape index (κ3) is 2.90. The molecule has 0 radical (unpaired) electrons. The van der Waals surface area contributed by atoms with Crippen LogP contribution in [-0.4, -0.2) is 16.2 Å². The number of alkyl halides is 3. The predicted octanol–water partition coefficient (Wildman–Crippen LogP) is 1.48. The van der Waals surface area contributed by atoms with Crippen LogP contribution in [0.1, 0.15) is 24.2 Å². The summed E-state index contributed by atoms with van der Waals surface area (Å²) in [6, 6.07) is 1.29. The van der Waals surface area contributed by atoms with Gasteiger partial charge < -0.3 is 10.8 Å². The van der Waals surface area contributed by atoms with Gasteiger partial charge in [-0.15, -0.1) is 0 Å². The largest absolute Gasteiger partial charge is 0.417 e. The van der Waals surface area contributed by atoms with Gasteiger partial charge in [-0.1, -0.05) is 0 Å². The molecular formula is C9H11F3N2O. The second-order valence-electron chi connectivity index (χ2n) is 3.24. The summed E-state index contributed by atoms with van der Waals surface area (Å²) in [5.41, 5.74) is 4.91. The summed E-state index contributed by atoms with van der Waals surface area (Å²) in [6.07, 6.45) is -4.55. The number of hydrogen-bond donors (Lipinski definition) is 2. The fourth-order valence-electron chi connectivity index (χ4n) is 1.02. The summed E-state index contributed by atoms with van der Waals surface area (Å²) in [7, 11) is 0. The van der Waals surface area contributed by atoms with E-state index in [0.717, 1.165) is 6.07 Å². The van der Waals surface area contributed by atoms with Gasteiger partial charge in [0.1, 0.15) is 0 Å². The molecule has 0 spiro atoms. The summed E-state index contributed by atoms with van der Waals surface area (Å²) in [4.78, 5) is 3.56. The lowest BCUT2D eigenvalue weighted by atomic mass is 10.1. The number of pyridine rings is 1. The van der Waals surface area contributed by atoms with E-state index < -0.39 is 23.9 Å². The summed E-state index contributed by atoms with van der Waals surface area (Å²) in [5.74, 6) is 0. The van der Waals surface area contributed by atoms with Gasteiger partial charge in [-0.2, -0.15) is 13.2 Å². The molecule has 3 N–H and O–H groups in total. The average Bonchev–Trinajstić information content (AvgIpc) is 2.15. The van der Waals surface area contributed by atoms with Gasteiger partial charge in [0.2, 0.25) is 0 Å². The van der Waals surface area contributed by atoms with Gasteiger partial charge in [0.25, 0.3) is 0 Å². The highest BCUT2D eigenvalue weighted by Crippen LogP contribution is 2.28. The van der Waals surface area contributed by atoms with Crippen molar-refractivity contribution in [1.82, 2.24) is 4.98 Å². The van der Waals surface area contributed by atoms with Crippen LogP contribution in [0.25, 0.3) is 0 Å². The molecule has 0 aliphatic heterocycles. The summed E-state index contributed by atoms with van der Waals surface area (Å²) >= 11 is 0. The smallest absolute Gasteiger partial charge is 0.391 e. The van der Waals surface area contributed by atoms with Crippen molar-refractivity contribution in [3.05, 3.63) is 29.6 Å². The molecule has 0 saturated carbocycles. The van der Waals surface area contributed by atoms with Gasteiger partial charge in [0.05, 0.1) is 23.4 Å². The molecule has 84 valence electrons. The maximum Gasteiger partial charge on any atom is 0.417 e. The topological polar surface area (TPSA) is 59.1 Å². The summed E-state index contributed by atoms with van der Waals surface area (Å²) in [5, 5.41) is 9.12. The Kier molecular flexibility index (Phi) is 3.31. The molecule has 0 aromatic carbocycles. The van der Waals surface area contributed by atoms with Crippen LogP contribution in [0.4, 0.5) is 13.2 Å². The Hall–Kier alpha value is -1.14. The standard InChI is InChI=1S/C9H11F3N2O/c1-5(15)8(13)7-3-2-6(4-14-7)9(10,11)12/h2-5,8,15H,13H2,1H3/t5-,8-/m0/s1. The highest BCUT2D eigenvalue weighted by atomic mass is 19.4. The Morgan fingerprint density at radius 2 is 2.00 bits per heavy atom. The van der Waals surface area contributed by atoms with Gasteiger partial charge in [0, 0.05) is 6.20 Å². The number of hydrogen-bond acceptors (Lipinski definition) is 3. The average molecular weight is 220 g/mol. The normalized spacial score (nSPS) is 16.1. The maximum absolute atomic E-state index is 12.2. The molecule has 1 aromatic heterocycles. The quantitative estimate of drug-likeness (QED) is 0.793. The highest BCUT2D eigenvalue weighted by molar-refractivity contribution is 5.19. The molecule has 0 amide bonds. The number of nitrogens with zero attached hydrogens (tertiary/aromatic N) is 1. The van der Waals surface area contributed by atoms with E-state index in [2.05, 4.69) is 4.98 Å². The Bertz CT molecular complexity index is 321. The molecule has 0 unspecified atom stereocenters. The van der Waals surface area contributed by atoms with Crippen LogP contribution in [0.3, 0.4) is 0 Å². The Labute approximate surface area is 84.7 Å². The van der Waals surface area contributed by atoms with Crippen molar-refractivity contribution < 1.29 is 18.3 Å². The zero-order valence-corrected chi connectivity index (χ0v) is 7.99. The lowest BCUT2D eigenvalue weighted by Gasteiger charge is -2.14. The van der Waals surface area contributed by atoms with Crippen molar-refractivity contribution in [3.63, 3.8) is 0 Å². The molecule has 0 saturated heterocycles. The zero-order valence-electron chi connectivity index (χ0n) is 7.99. The molecule has 0 fully saturated rings. The number of halogens is 3. The molecule has 3 nitrogen and oxygen atoms in total. The lowest BCUT2D eigenvalue weighted by molar-refractivity contribution is -0.137. The predicted molar refractivity (Wildman–Crippen MR) is 47.8 cm³/mol. The number of aliphatic hydroxyl groups excluding tert-OH is 1. The molecule has 1 heterocycles. The molecule has 1 rings (SSSR count). The first-order chi connectivity index (χ1) is 6.82. The second kappa shape index (κ2) is 4.16. The molecule has 6 heteroatoms. The fourth-order valence-corrected chi connectivity index (χ4v) is 1.02. The minimum Gasteiger partial charge on any atom is -0.391 e. The zero-order chi connectivity index (χ0) is 11.6. The Balaban J connectivity index is 2.91. The SMILES string of the molecule is C[C@H](O)[C@H](N)c1ccc(C(F)(F)F)cn1. The van der Waals surface area contributed by atoms with E-state index >= 15 is 0 Å². The summed E-state index contributed by atoms with van der Waals surface area (Å²) < 4.78 is 36.5. The summed E-state index contributed by atoms with van der Waals surface area (Å²) in [6.45, 7) is 1.45. The van der Waals surface area contributed by atoms with E-state index in [9.17, 15) is 13.2 Å². The van der Waals surface area contributed by atoms with Crippen molar-refractivity contribution in [3.8, 4) is 0 Å². The van der Waals surface area contributed by atoms with Crippen LogP contribution in [0.15, 0.2) is 18.3 Å². The van der Waals surface area contributed by atoms with E-state index in [1.165, 1.54) is 13.0 Å². The van der Waals surface area contributed by atoms with E-state index in [4.69, 9.17) is 10.8 Å². The van der Waals surface area contributed by atoms with Crippen LogP contribution in [0, 0.1) is 0 Å². The van der Waals surface area contributed by atoms with Gasteiger partial charge in [0.15, 0.2) is 0 Å². The minimum atomic E-state index is -4.40. The first-order valence-electron chi connectivity index (χ1n) is 4.29. The number of aromatic nitrogens is 1. The number of nitrogens with two attached hydrogens (primary N) is 1. The van der Waals surface area contributed by atoms with E-state index in [1.807, 2.05) is 0 Å². The van der Waals surface area contributed by atoms with Crippen molar-refractivity contribution in [1.29, 1.82) is 0 Å². The van der Waals surface area contributed by atoms with Crippen molar-refractivity contribution in [2.75, 3.05) is 0 Å². The van der Waals surface area contributed by atoms with Crippen LogP contribution in [0.5, 0.6) is 0 Å². The minimum absolute atomic E-state index is 0.234. The van der Waals surface area contributed by atoms with E-state index in [0.29, 0.717) is 6.20 Å². The van der Waals surface area contributed by atoms with Crippen molar-refractivity contribution in [2.24, 2.45) is 5.73 Å². The molecule has 15 heavy (non-hydrogen) atoms. The highest BCUT2D eigenvalue weighted by Gasteiger charge is 2.30. The van der Waals surface area contributed by atoms with Crippen molar-refractivity contribution in [2.45, 2.75) is 25.2 Å². The maximum atomic E-state index is 12.2. The van der Waals surface area contributed by atoms with Gasteiger partial charge in [-0.3, -0.25) is 4.98 Å². The molecule has 1 aromatic rings. The van der Waals surface area contributed by atoms with Gasteiger partial charge in [-0.05, 0) is 19.1 Å². The van der Waals surface area contributed by atoms with E-state index in [-0.39, 0.29) is 5.69 Å². The molecule has 0 aliphatic carbocycles. The van der Waals surface area contributed by atoms with Gasteiger partial charge >= 0.3 is 6.18 Å². The van der Waals surface area contributed by atoms with Gasteiger partial charge in [-0.25, -0.2) is 0 Å². The molecule has 2 atom stereocenters. The second-order valence-corrected chi connectivity index (χ2v) is 3.24. The first kappa shape index (κ1) is 11.9. The molecular weight excluding hydrogens is 209 g/mol. The monoisotopic (exact) mass is 220 g/mol. The lowest BCUT2D eigenvalue weighted by Crippen LogP contribution is -2.24. The molecule has 0 bridgehead atoms. The van der Waals surface area contributed by atoms with Crippen LogP contribution in [0.2, 0.25) is 0 Å². The van der Waals surface area contributed by atoms with Crippen LogP contribution in [-0.2, 0) is 6.18 Å².